The Kier molecular flexibility index (Phi) is 11.1. The van der Waals surface area contributed by atoms with E-state index in [2.05, 4.69) is 11.0 Å². The van der Waals surface area contributed by atoms with Crippen LogP contribution in [-0.2, 0) is 20.8 Å². The lowest BCUT2D eigenvalue weighted by molar-refractivity contribution is -0.130. The number of methoxy groups -OCH3 is 2. The molecule has 2 heterocycles. The number of amides is 1. The Morgan fingerprint density at radius 1 is 1.03 bits per heavy atom. The predicted molar refractivity (Wildman–Crippen MR) is 151 cm³/mol. The van der Waals surface area contributed by atoms with E-state index in [9.17, 15) is 4.79 Å². The van der Waals surface area contributed by atoms with Gasteiger partial charge in [0.1, 0.15) is 18.0 Å². The highest BCUT2D eigenvalue weighted by molar-refractivity contribution is 6.30. The lowest BCUT2D eigenvalue weighted by atomic mass is 10.1. The normalized spacial score (nSPS) is 20.8. The van der Waals surface area contributed by atoms with Gasteiger partial charge in [-0.15, -0.1) is 0 Å². The van der Waals surface area contributed by atoms with Gasteiger partial charge in [-0.05, 0) is 55.2 Å². The van der Waals surface area contributed by atoms with Crippen LogP contribution < -0.4 is 14.2 Å². The van der Waals surface area contributed by atoms with Crippen LogP contribution in [0.25, 0.3) is 0 Å². The monoisotopic (exact) mass is 560 g/mol. The average Bonchev–Trinajstić information content (AvgIpc) is 3.28. The van der Waals surface area contributed by atoms with Crippen molar-refractivity contribution in [2.45, 2.75) is 44.2 Å². The van der Waals surface area contributed by atoms with Crippen LogP contribution in [0.2, 0.25) is 5.02 Å². The zero-order valence-corrected chi connectivity index (χ0v) is 23.9. The number of benzene rings is 2. The van der Waals surface area contributed by atoms with Crippen LogP contribution in [0.3, 0.4) is 0 Å². The van der Waals surface area contributed by atoms with Gasteiger partial charge < -0.3 is 28.6 Å². The van der Waals surface area contributed by atoms with Crippen molar-refractivity contribution < 1.29 is 28.5 Å². The second-order valence-corrected chi connectivity index (χ2v) is 10.7. The van der Waals surface area contributed by atoms with Crippen LogP contribution in [0.5, 0.6) is 17.2 Å². The minimum atomic E-state index is -0.616. The fourth-order valence-corrected chi connectivity index (χ4v) is 5.24. The van der Waals surface area contributed by atoms with E-state index in [1.54, 1.807) is 20.3 Å². The van der Waals surface area contributed by atoms with Crippen LogP contribution in [0.15, 0.2) is 42.5 Å². The molecule has 0 radical (unpaired) electrons. The molecule has 4 rings (SSSR count). The van der Waals surface area contributed by atoms with Crippen LogP contribution in [0.4, 0.5) is 0 Å². The molecule has 2 fully saturated rings. The fraction of sp³-hybridized carbons (Fsp3) is 0.567. The lowest BCUT2D eigenvalue weighted by Gasteiger charge is -2.34. The molecule has 8 nitrogen and oxygen atoms in total. The summed E-state index contributed by atoms with van der Waals surface area (Å²) in [6.45, 7) is 5.62. The first kappa shape index (κ1) is 29.5. The Hall–Kier alpha value is -2.52. The van der Waals surface area contributed by atoms with Crippen molar-refractivity contribution in [2.24, 2.45) is 0 Å². The summed E-state index contributed by atoms with van der Waals surface area (Å²) in [7, 11) is 3.35. The molecule has 0 spiro atoms. The van der Waals surface area contributed by atoms with E-state index in [1.807, 2.05) is 35.2 Å². The topological polar surface area (TPSA) is 69.7 Å². The Bertz CT molecular complexity index is 1070. The third-order valence-corrected chi connectivity index (χ3v) is 7.53. The molecule has 9 heteroatoms. The van der Waals surface area contributed by atoms with Crippen LogP contribution in [0, 0.1) is 0 Å². The molecule has 2 saturated heterocycles. The number of likely N-dealkylation sites (tertiary alicyclic amines) is 1. The third kappa shape index (κ3) is 8.73. The molecule has 214 valence electrons. The van der Waals surface area contributed by atoms with E-state index in [1.165, 1.54) is 0 Å². The van der Waals surface area contributed by atoms with Crippen molar-refractivity contribution in [2.75, 3.05) is 66.8 Å². The van der Waals surface area contributed by atoms with E-state index in [4.69, 9.17) is 35.3 Å². The molecule has 2 aliphatic heterocycles. The lowest BCUT2D eigenvalue weighted by Crippen LogP contribution is -2.50. The highest BCUT2D eigenvalue weighted by Gasteiger charge is 2.36. The summed E-state index contributed by atoms with van der Waals surface area (Å²) < 4.78 is 29.7. The average molecular weight is 561 g/mol. The summed E-state index contributed by atoms with van der Waals surface area (Å²) in [6, 6.07) is 13.4. The van der Waals surface area contributed by atoms with E-state index in [0.717, 1.165) is 50.9 Å². The molecule has 0 unspecified atom stereocenters. The summed E-state index contributed by atoms with van der Waals surface area (Å²) in [5.74, 6) is 2.38. The van der Waals surface area contributed by atoms with Crippen molar-refractivity contribution in [3.05, 3.63) is 53.1 Å². The van der Waals surface area contributed by atoms with Crippen LogP contribution in [-0.4, -0.2) is 88.1 Å². The molecule has 2 aromatic rings. The Morgan fingerprint density at radius 2 is 1.92 bits per heavy atom. The molecule has 0 aromatic heterocycles. The number of carbonyl (C=O) groups excluding carboxylic acids is 1. The maximum Gasteiger partial charge on any atom is 0.222 e. The first-order valence-electron chi connectivity index (χ1n) is 13.8. The minimum Gasteiger partial charge on any atom is -0.493 e. The summed E-state index contributed by atoms with van der Waals surface area (Å²) in [5, 5.41) is 0.630. The smallest absolute Gasteiger partial charge is 0.222 e. The molecule has 2 aromatic carbocycles. The maximum absolute atomic E-state index is 12.3. The van der Waals surface area contributed by atoms with E-state index >= 15 is 0 Å². The summed E-state index contributed by atoms with van der Waals surface area (Å²) >= 11 is 6.12. The van der Waals surface area contributed by atoms with Gasteiger partial charge in [-0.25, -0.2) is 0 Å². The molecule has 39 heavy (non-hydrogen) atoms. The summed E-state index contributed by atoms with van der Waals surface area (Å²) in [6.07, 6.45) is 4.66. The zero-order valence-electron chi connectivity index (χ0n) is 23.2. The second-order valence-electron chi connectivity index (χ2n) is 10.3. The molecule has 0 saturated carbocycles. The van der Waals surface area contributed by atoms with E-state index in [-0.39, 0.29) is 5.91 Å². The number of nitrogens with zero attached hydrogens (tertiary/aromatic N) is 2. The first-order chi connectivity index (χ1) is 19.0. The number of hydrogen-bond acceptors (Lipinski definition) is 7. The van der Waals surface area contributed by atoms with Crippen LogP contribution >= 0.6 is 11.6 Å². The first-order valence-corrected chi connectivity index (χ1v) is 14.2. The van der Waals surface area contributed by atoms with Gasteiger partial charge >= 0.3 is 0 Å². The number of carbonyl (C=O) groups is 1. The molecule has 0 bridgehead atoms. The van der Waals surface area contributed by atoms with Gasteiger partial charge in [0.25, 0.3) is 0 Å². The number of halogens is 1. The molecule has 0 N–H and O–H groups in total. The molecule has 0 aliphatic carbocycles. The standard InChI is InChI=1S/C30H41ClN2O6/c1-35-27-12-11-24(18-28(27)38-16-7-14-33-13-5-3-4-10-29(33)34)20-32-15-17-37-22-30(21-32,36-2)23-39-26-9-6-8-25(31)19-26/h6,8-9,11-12,18-19H,3-5,7,10,13-17,20-23H2,1-2H3/t30-/m0/s1. The highest BCUT2D eigenvalue weighted by Crippen LogP contribution is 2.30. The Balaban J connectivity index is 1.35. The largest absolute Gasteiger partial charge is 0.493 e. The van der Waals surface area contributed by atoms with E-state index < -0.39 is 5.60 Å². The van der Waals surface area contributed by atoms with Crippen molar-refractivity contribution in [3.8, 4) is 17.2 Å². The zero-order chi connectivity index (χ0) is 27.5. The summed E-state index contributed by atoms with van der Waals surface area (Å²) in [5.41, 5.74) is 0.492. The third-order valence-electron chi connectivity index (χ3n) is 7.30. The predicted octanol–water partition coefficient (Wildman–Crippen LogP) is 4.82. The fourth-order valence-electron chi connectivity index (χ4n) is 5.06. The van der Waals surface area contributed by atoms with Gasteiger partial charge in [-0.1, -0.05) is 30.2 Å². The molecule has 2 aliphatic rings. The van der Waals surface area contributed by atoms with Gasteiger partial charge in [0.15, 0.2) is 11.5 Å². The van der Waals surface area contributed by atoms with Gasteiger partial charge in [0.2, 0.25) is 5.91 Å². The van der Waals surface area contributed by atoms with Crippen molar-refractivity contribution >= 4 is 17.5 Å². The number of hydrogen-bond donors (Lipinski definition) is 0. The SMILES string of the molecule is COc1ccc(CN2CCOC[C@@](COc3cccc(Cl)c3)(OC)C2)cc1OCCCN1CCCCCC1=O. The Labute approximate surface area is 237 Å². The quantitative estimate of drug-likeness (QED) is 0.345. The minimum absolute atomic E-state index is 0.263. The van der Waals surface area contributed by atoms with Gasteiger partial charge in [0.05, 0.1) is 26.9 Å². The van der Waals surface area contributed by atoms with Crippen LogP contribution in [0.1, 0.15) is 37.7 Å². The van der Waals surface area contributed by atoms with E-state index in [0.29, 0.717) is 68.2 Å². The van der Waals surface area contributed by atoms with Gasteiger partial charge in [-0.3, -0.25) is 9.69 Å². The van der Waals surface area contributed by atoms with Crippen molar-refractivity contribution in [3.63, 3.8) is 0 Å². The van der Waals surface area contributed by atoms with Crippen molar-refractivity contribution in [1.82, 2.24) is 9.80 Å². The highest BCUT2D eigenvalue weighted by atomic mass is 35.5. The molecular weight excluding hydrogens is 520 g/mol. The van der Waals surface area contributed by atoms with Gasteiger partial charge in [0, 0.05) is 51.3 Å². The maximum atomic E-state index is 12.3. The van der Waals surface area contributed by atoms with Gasteiger partial charge in [-0.2, -0.15) is 0 Å². The molecule has 1 amide bonds. The molecular formula is C30H41ClN2O6. The number of rotatable bonds is 12. The second kappa shape index (κ2) is 14.7. The summed E-state index contributed by atoms with van der Waals surface area (Å²) in [4.78, 5) is 16.6. The Morgan fingerprint density at radius 3 is 2.74 bits per heavy atom. The molecule has 1 atom stereocenters. The number of ether oxygens (including phenoxy) is 5. The van der Waals surface area contributed by atoms with Crippen molar-refractivity contribution in [1.29, 1.82) is 0 Å².